The summed E-state index contributed by atoms with van der Waals surface area (Å²) in [5, 5.41) is -0.0600. The van der Waals surface area contributed by atoms with Crippen molar-refractivity contribution in [2.24, 2.45) is 0 Å². The van der Waals surface area contributed by atoms with Crippen molar-refractivity contribution >= 4 is 45.2 Å². The molecule has 1 heterocycles. The summed E-state index contributed by atoms with van der Waals surface area (Å²) >= 11 is 2.93. The molecule has 1 aliphatic rings. The summed E-state index contributed by atoms with van der Waals surface area (Å²) in [7, 11) is -1.29. The lowest BCUT2D eigenvalue weighted by atomic mass is 10.2. The van der Waals surface area contributed by atoms with E-state index < -0.39 is 15.8 Å². The number of hydrogen-bond donors (Lipinski definition) is 0. The first-order valence-corrected chi connectivity index (χ1v) is 12.2. The lowest BCUT2D eigenvalue weighted by Crippen LogP contribution is -2.31. The van der Waals surface area contributed by atoms with Crippen LogP contribution in [0.25, 0.3) is 0 Å². The standard InChI is InChI=1S/C17H23NO5S3/c1-18(9-13-3-5-14(24-2)6-4-13)16(19)10-23-17(20)11-25-15-7-8-26(21,22)12-15/h3-6,15H,7-12H2,1-2H3/t15-/m1/s1. The third-order valence-corrected chi connectivity index (χ3v) is 7.99. The number of benzene rings is 1. The number of rotatable bonds is 8. The van der Waals surface area contributed by atoms with E-state index in [1.807, 2.05) is 30.5 Å². The van der Waals surface area contributed by atoms with Gasteiger partial charge in [-0.1, -0.05) is 12.1 Å². The second kappa shape index (κ2) is 9.66. The number of likely N-dealkylation sites (N-methyl/N-ethyl adjacent to an activating group) is 1. The van der Waals surface area contributed by atoms with E-state index in [2.05, 4.69) is 0 Å². The second-order valence-corrected chi connectivity index (χ2v) is 10.5. The lowest BCUT2D eigenvalue weighted by Gasteiger charge is -2.17. The van der Waals surface area contributed by atoms with Crippen molar-refractivity contribution in [1.82, 2.24) is 4.90 Å². The number of sulfone groups is 1. The summed E-state index contributed by atoms with van der Waals surface area (Å²) in [6.07, 6.45) is 2.57. The molecule has 6 nitrogen and oxygen atoms in total. The molecule has 1 aliphatic heterocycles. The van der Waals surface area contributed by atoms with E-state index in [0.717, 1.165) is 10.5 Å². The molecule has 0 saturated carbocycles. The van der Waals surface area contributed by atoms with Gasteiger partial charge in [0.1, 0.15) is 0 Å². The average Bonchev–Trinajstić information content (AvgIpc) is 2.97. The molecule has 1 fully saturated rings. The maximum atomic E-state index is 12.1. The molecule has 1 atom stereocenters. The van der Waals surface area contributed by atoms with Gasteiger partial charge in [0.05, 0.1) is 17.3 Å². The highest BCUT2D eigenvalue weighted by Crippen LogP contribution is 2.24. The van der Waals surface area contributed by atoms with Gasteiger partial charge in [-0.05, 0) is 30.4 Å². The molecule has 1 aromatic rings. The minimum absolute atomic E-state index is 0.0600. The Balaban J connectivity index is 1.68. The van der Waals surface area contributed by atoms with Crippen LogP contribution in [0.15, 0.2) is 29.2 Å². The number of thioether (sulfide) groups is 2. The molecular formula is C17H23NO5S3. The largest absolute Gasteiger partial charge is 0.455 e. The summed E-state index contributed by atoms with van der Waals surface area (Å²) in [4.78, 5) is 26.5. The Kier molecular flexibility index (Phi) is 7.85. The Morgan fingerprint density at radius 1 is 1.27 bits per heavy atom. The average molecular weight is 418 g/mol. The van der Waals surface area contributed by atoms with Gasteiger partial charge < -0.3 is 9.64 Å². The van der Waals surface area contributed by atoms with E-state index in [9.17, 15) is 18.0 Å². The van der Waals surface area contributed by atoms with Gasteiger partial charge in [0.15, 0.2) is 16.4 Å². The molecule has 1 saturated heterocycles. The van der Waals surface area contributed by atoms with Crippen LogP contribution < -0.4 is 0 Å². The van der Waals surface area contributed by atoms with Crippen molar-refractivity contribution in [3.05, 3.63) is 29.8 Å². The molecule has 0 N–H and O–H groups in total. The van der Waals surface area contributed by atoms with Gasteiger partial charge in [-0.25, -0.2) is 8.42 Å². The lowest BCUT2D eigenvalue weighted by molar-refractivity contribution is -0.149. The molecule has 0 radical (unpaired) electrons. The minimum Gasteiger partial charge on any atom is -0.455 e. The summed E-state index contributed by atoms with van der Waals surface area (Å²) in [6.45, 7) is 0.140. The van der Waals surface area contributed by atoms with Crippen LogP contribution in [0.4, 0.5) is 0 Å². The molecule has 1 aromatic carbocycles. The van der Waals surface area contributed by atoms with Crippen LogP contribution in [0.2, 0.25) is 0 Å². The van der Waals surface area contributed by atoms with Crippen molar-refractivity contribution in [2.45, 2.75) is 23.1 Å². The Hall–Kier alpha value is -1.19. The number of amides is 1. The highest BCUT2D eigenvalue weighted by molar-refractivity contribution is 8.02. The van der Waals surface area contributed by atoms with Crippen LogP contribution in [0, 0.1) is 0 Å². The van der Waals surface area contributed by atoms with E-state index in [4.69, 9.17) is 4.74 Å². The fourth-order valence-corrected chi connectivity index (χ4v) is 6.31. The van der Waals surface area contributed by atoms with Crippen molar-refractivity contribution < 1.29 is 22.7 Å². The molecular weight excluding hydrogens is 394 g/mol. The van der Waals surface area contributed by atoms with Crippen LogP contribution in [-0.4, -0.2) is 67.6 Å². The predicted octanol–water partition coefficient (Wildman–Crippen LogP) is 1.83. The molecule has 0 aliphatic carbocycles. The first-order valence-electron chi connectivity index (χ1n) is 8.13. The third-order valence-electron chi connectivity index (χ3n) is 3.99. The number of ether oxygens (including phenoxy) is 1. The number of esters is 1. The maximum Gasteiger partial charge on any atom is 0.316 e. The van der Waals surface area contributed by atoms with Gasteiger partial charge in [0, 0.05) is 23.7 Å². The normalized spacial score (nSPS) is 18.5. The fraction of sp³-hybridized carbons (Fsp3) is 0.529. The first kappa shape index (κ1) is 21.1. The Labute approximate surface area is 163 Å². The van der Waals surface area contributed by atoms with Gasteiger partial charge in [-0.15, -0.1) is 23.5 Å². The SMILES string of the molecule is CSc1ccc(CN(C)C(=O)COC(=O)CS[C@@H]2CCS(=O)(=O)C2)cc1. The molecule has 26 heavy (non-hydrogen) atoms. The molecule has 0 aromatic heterocycles. The Morgan fingerprint density at radius 3 is 2.54 bits per heavy atom. The number of hydrogen-bond acceptors (Lipinski definition) is 7. The first-order chi connectivity index (χ1) is 12.3. The zero-order valence-electron chi connectivity index (χ0n) is 14.8. The van der Waals surface area contributed by atoms with E-state index in [-0.39, 0.29) is 35.0 Å². The van der Waals surface area contributed by atoms with Crippen LogP contribution in [-0.2, 0) is 30.7 Å². The zero-order chi connectivity index (χ0) is 19.2. The molecule has 1 amide bonds. The highest BCUT2D eigenvalue weighted by atomic mass is 32.2. The van der Waals surface area contributed by atoms with Crippen molar-refractivity contribution in [3.63, 3.8) is 0 Å². The molecule has 144 valence electrons. The summed E-state index contributed by atoms with van der Waals surface area (Å²) < 4.78 is 27.8. The predicted molar refractivity (Wildman–Crippen MR) is 105 cm³/mol. The van der Waals surface area contributed by atoms with Crippen molar-refractivity contribution in [1.29, 1.82) is 0 Å². The molecule has 9 heteroatoms. The Morgan fingerprint density at radius 2 is 1.96 bits per heavy atom. The fourth-order valence-electron chi connectivity index (χ4n) is 2.47. The monoisotopic (exact) mass is 417 g/mol. The molecule has 0 unspecified atom stereocenters. The van der Waals surface area contributed by atoms with E-state index >= 15 is 0 Å². The second-order valence-electron chi connectivity index (χ2n) is 6.09. The molecule has 2 rings (SSSR count). The van der Waals surface area contributed by atoms with Crippen molar-refractivity contribution in [2.75, 3.05) is 37.2 Å². The van der Waals surface area contributed by atoms with E-state index in [1.165, 1.54) is 16.7 Å². The summed E-state index contributed by atoms with van der Waals surface area (Å²) in [6, 6.07) is 7.93. The van der Waals surface area contributed by atoms with Gasteiger partial charge >= 0.3 is 5.97 Å². The molecule has 0 spiro atoms. The minimum atomic E-state index is -2.95. The number of carbonyl (C=O) groups excluding carboxylic acids is 2. The zero-order valence-corrected chi connectivity index (χ0v) is 17.3. The maximum absolute atomic E-state index is 12.1. The van der Waals surface area contributed by atoms with Crippen molar-refractivity contribution in [3.8, 4) is 0 Å². The van der Waals surface area contributed by atoms with Crippen LogP contribution >= 0.6 is 23.5 Å². The van der Waals surface area contributed by atoms with Gasteiger partial charge in [0.25, 0.3) is 5.91 Å². The topological polar surface area (TPSA) is 80.8 Å². The quantitative estimate of drug-likeness (QED) is 0.471. The smallest absolute Gasteiger partial charge is 0.316 e. The number of carbonyl (C=O) groups is 2. The number of nitrogens with zero attached hydrogens (tertiary/aromatic N) is 1. The Bertz CT molecular complexity index is 733. The van der Waals surface area contributed by atoms with Gasteiger partial charge in [-0.2, -0.15) is 0 Å². The van der Waals surface area contributed by atoms with E-state index in [0.29, 0.717) is 13.0 Å². The van der Waals surface area contributed by atoms with Crippen LogP contribution in [0.5, 0.6) is 0 Å². The van der Waals surface area contributed by atoms with Crippen LogP contribution in [0.1, 0.15) is 12.0 Å². The van der Waals surface area contributed by atoms with Gasteiger partial charge in [0.2, 0.25) is 0 Å². The summed E-state index contributed by atoms with van der Waals surface area (Å²) in [5.74, 6) is -0.415. The summed E-state index contributed by atoms with van der Waals surface area (Å²) in [5.41, 5.74) is 1.00. The van der Waals surface area contributed by atoms with Gasteiger partial charge in [-0.3, -0.25) is 9.59 Å². The third kappa shape index (κ3) is 6.85. The van der Waals surface area contributed by atoms with E-state index in [1.54, 1.807) is 18.8 Å². The highest BCUT2D eigenvalue weighted by Gasteiger charge is 2.28. The van der Waals surface area contributed by atoms with Crippen LogP contribution in [0.3, 0.4) is 0 Å². The molecule has 0 bridgehead atoms.